The maximum absolute atomic E-state index is 11.7. The molecular formula is C16H21BrClN5O4S. The van der Waals surface area contributed by atoms with E-state index in [4.69, 9.17) is 16.7 Å². The van der Waals surface area contributed by atoms with Crippen molar-refractivity contribution in [2.45, 2.75) is 43.9 Å². The Labute approximate surface area is 176 Å². The average molecular weight is 495 g/mol. The fourth-order valence-corrected chi connectivity index (χ4v) is 3.88. The van der Waals surface area contributed by atoms with E-state index in [1.165, 1.54) is 18.3 Å². The first-order chi connectivity index (χ1) is 12.8. The molecule has 1 aromatic carbocycles. The Morgan fingerprint density at radius 2 is 2.04 bits per heavy atom. The average Bonchev–Trinajstić information content (AvgIpc) is 2.55. The van der Waals surface area contributed by atoms with Crippen molar-refractivity contribution in [1.82, 2.24) is 9.97 Å². The number of halogens is 2. The van der Waals surface area contributed by atoms with Gasteiger partial charge in [-0.15, -0.1) is 0 Å². The smallest absolute Gasteiger partial charge is 0.239 e. The Morgan fingerprint density at radius 1 is 1.39 bits per heavy atom. The minimum Gasteiger partial charge on any atom is -0.392 e. The maximum Gasteiger partial charge on any atom is 0.239 e. The third-order valence-corrected chi connectivity index (χ3v) is 6.03. The summed E-state index contributed by atoms with van der Waals surface area (Å²) in [6, 6.07) is 2.43. The molecule has 0 radical (unpaired) electrons. The minimum atomic E-state index is -4.10. The topological polar surface area (TPSA) is 150 Å². The third kappa shape index (κ3) is 5.52. The van der Waals surface area contributed by atoms with Gasteiger partial charge in [0.15, 0.2) is 0 Å². The van der Waals surface area contributed by atoms with Gasteiger partial charge in [-0.3, -0.25) is 0 Å². The first-order valence-corrected chi connectivity index (χ1v) is 10.8. The van der Waals surface area contributed by atoms with Crippen LogP contribution in [0.1, 0.15) is 26.3 Å². The maximum atomic E-state index is 11.7. The lowest BCUT2D eigenvalue weighted by molar-refractivity contribution is 0.0647. The molecule has 2 rings (SSSR count). The molecule has 1 heterocycles. The molecular weight excluding hydrogens is 474 g/mol. The predicted octanol–water partition coefficient (Wildman–Crippen LogP) is 2.35. The standard InChI is InChI=1S/C16H21BrClN5O4S/c1-8(16(2,3)25)21-14-11(17)6-20-15(23-14)22-10-4-9(7-24)13(12(18)5-10)28(19,26)27/h4-6,8,24-25H,7H2,1-3H3,(H2,19,26,27)(H2,20,21,22,23)/t8-/m1/s1. The first kappa shape index (κ1) is 22.8. The van der Waals surface area contributed by atoms with E-state index in [0.717, 1.165) is 0 Å². The first-order valence-electron chi connectivity index (χ1n) is 8.07. The summed E-state index contributed by atoms with van der Waals surface area (Å²) in [4.78, 5) is 8.14. The highest BCUT2D eigenvalue weighted by molar-refractivity contribution is 9.10. The summed E-state index contributed by atoms with van der Waals surface area (Å²) in [6.45, 7) is 4.58. The zero-order valence-electron chi connectivity index (χ0n) is 15.4. The fraction of sp³-hybridized carbons (Fsp3) is 0.375. The van der Waals surface area contributed by atoms with E-state index >= 15 is 0 Å². The van der Waals surface area contributed by atoms with Gasteiger partial charge in [0.25, 0.3) is 0 Å². The molecule has 9 nitrogen and oxygen atoms in total. The zero-order valence-corrected chi connectivity index (χ0v) is 18.5. The summed E-state index contributed by atoms with van der Waals surface area (Å²) < 4.78 is 23.9. The van der Waals surface area contributed by atoms with E-state index in [-0.39, 0.29) is 27.5 Å². The van der Waals surface area contributed by atoms with Crippen LogP contribution in [0.4, 0.5) is 17.5 Å². The molecule has 2 aromatic rings. The third-order valence-electron chi connectivity index (χ3n) is 3.99. The Kier molecular flexibility index (Phi) is 6.90. The van der Waals surface area contributed by atoms with Crippen LogP contribution in [0.3, 0.4) is 0 Å². The number of aliphatic hydroxyl groups excluding tert-OH is 1. The Bertz CT molecular complexity index is 982. The molecule has 0 amide bonds. The van der Waals surface area contributed by atoms with E-state index in [9.17, 15) is 18.6 Å². The van der Waals surface area contributed by atoms with Crippen LogP contribution in [-0.2, 0) is 16.6 Å². The van der Waals surface area contributed by atoms with E-state index < -0.39 is 22.2 Å². The molecule has 0 aliphatic rings. The summed E-state index contributed by atoms with van der Waals surface area (Å²) in [5, 5.41) is 30.6. The molecule has 0 fully saturated rings. The molecule has 0 spiro atoms. The number of aliphatic hydroxyl groups is 2. The molecule has 28 heavy (non-hydrogen) atoms. The number of nitrogens with zero attached hydrogens (tertiary/aromatic N) is 2. The molecule has 12 heteroatoms. The lowest BCUT2D eigenvalue weighted by atomic mass is 10.0. The second kappa shape index (κ2) is 8.47. The molecule has 1 atom stereocenters. The Morgan fingerprint density at radius 3 is 2.57 bits per heavy atom. The molecule has 0 aliphatic carbocycles. The van der Waals surface area contributed by atoms with Crippen molar-refractivity contribution in [2.75, 3.05) is 10.6 Å². The van der Waals surface area contributed by atoms with Gasteiger partial charge in [0.2, 0.25) is 16.0 Å². The van der Waals surface area contributed by atoms with Gasteiger partial charge in [0, 0.05) is 17.4 Å². The van der Waals surface area contributed by atoms with Gasteiger partial charge in [-0.25, -0.2) is 18.5 Å². The van der Waals surface area contributed by atoms with Crippen LogP contribution in [0.15, 0.2) is 27.7 Å². The quantitative estimate of drug-likeness (QED) is 0.393. The van der Waals surface area contributed by atoms with Crippen LogP contribution in [0, 0.1) is 0 Å². The molecule has 0 bridgehead atoms. The van der Waals surface area contributed by atoms with E-state index in [2.05, 4.69) is 36.5 Å². The van der Waals surface area contributed by atoms with Gasteiger partial charge in [0.05, 0.1) is 27.7 Å². The lowest BCUT2D eigenvalue weighted by Gasteiger charge is -2.27. The molecule has 6 N–H and O–H groups in total. The SMILES string of the molecule is C[C@@H](Nc1nc(Nc2cc(Cl)c(S(N)(=O)=O)c(CO)c2)ncc1Br)C(C)(C)O. The van der Waals surface area contributed by atoms with Gasteiger partial charge in [-0.05, 0) is 48.8 Å². The van der Waals surface area contributed by atoms with Crippen LogP contribution >= 0.6 is 27.5 Å². The van der Waals surface area contributed by atoms with E-state index in [1.54, 1.807) is 20.8 Å². The number of nitrogens with two attached hydrogens (primary N) is 1. The molecule has 0 unspecified atom stereocenters. The van der Waals surface area contributed by atoms with Crippen LogP contribution in [-0.4, -0.2) is 40.2 Å². The summed E-state index contributed by atoms with van der Waals surface area (Å²) in [5.74, 6) is 0.638. The largest absolute Gasteiger partial charge is 0.392 e. The molecule has 154 valence electrons. The molecule has 0 saturated carbocycles. The normalized spacial score (nSPS) is 13.3. The minimum absolute atomic E-state index is 0.0450. The van der Waals surface area contributed by atoms with E-state index in [1.807, 2.05) is 0 Å². The predicted molar refractivity (Wildman–Crippen MR) is 111 cm³/mol. The monoisotopic (exact) mass is 493 g/mol. The zero-order chi connectivity index (χ0) is 21.3. The highest BCUT2D eigenvalue weighted by Crippen LogP contribution is 2.30. The number of aromatic nitrogens is 2. The number of nitrogens with one attached hydrogen (secondary N) is 2. The molecule has 0 saturated heterocycles. The van der Waals surface area contributed by atoms with Gasteiger partial charge >= 0.3 is 0 Å². The van der Waals surface area contributed by atoms with Crippen LogP contribution in [0.2, 0.25) is 5.02 Å². The highest BCUT2D eigenvalue weighted by Gasteiger charge is 2.23. The number of benzene rings is 1. The van der Waals surface area contributed by atoms with Crippen LogP contribution in [0.5, 0.6) is 0 Å². The van der Waals surface area contributed by atoms with Crippen molar-refractivity contribution in [3.05, 3.63) is 33.4 Å². The fourth-order valence-electron chi connectivity index (χ4n) is 2.20. The number of anilines is 3. The number of sulfonamides is 1. The van der Waals surface area contributed by atoms with Gasteiger partial charge < -0.3 is 20.8 Å². The lowest BCUT2D eigenvalue weighted by Crippen LogP contribution is -2.39. The summed E-state index contributed by atoms with van der Waals surface area (Å²) in [7, 11) is -4.10. The number of hydrogen-bond donors (Lipinski definition) is 5. The van der Waals surface area contributed by atoms with E-state index in [0.29, 0.717) is 16.0 Å². The van der Waals surface area contributed by atoms with Crippen molar-refractivity contribution in [1.29, 1.82) is 0 Å². The summed E-state index contributed by atoms with van der Waals surface area (Å²) in [6.07, 6.45) is 1.52. The van der Waals surface area contributed by atoms with Gasteiger partial charge in [-0.2, -0.15) is 4.98 Å². The van der Waals surface area contributed by atoms with Crippen LogP contribution < -0.4 is 15.8 Å². The second-order valence-corrected chi connectivity index (χ2v) is 9.44. The van der Waals surface area contributed by atoms with Crippen molar-refractivity contribution in [3.8, 4) is 0 Å². The molecule has 1 aromatic heterocycles. The second-order valence-electron chi connectivity index (χ2n) is 6.68. The number of rotatable bonds is 7. The summed E-state index contributed by atoms with van der Waals surface area (Å²) in [5.41, 5.74) is -0.570. The van der Waals surface area contributed by atoms with Gasteiger partial charge in [-0.1, -0.05) is 11.6 Å². The van der Waals surface area contributed by atoms with Crippen molar-refractivity contribution in [2.24, 2.45) is 5.14 Å². The molecule has 0 aliphatic heterocycles. The number of hydrogen-bond acceptors (Lipinski definition) is 8. The highest BCUT2D eigenvalue weighted by atomic mass is 79.9. The number of primary sulfonamides is 1. The van der Waals surface area contributed by atoms with Crippen molar-refractivity contribution < 1.29 is 18.6 Å². The van der Waals surface area contributed by atoms with Crippen LogP contribution in [0.25, 0.3) is 0 Å². The Balaban J connectivity index is 2.36. The van der Waals surface area contributed by atoms with Gasteiger partial charge in [0.1, 0.15) is 10.7 Å². The van der Waals surface area contributed by atoms with Crippen molar-refractivity contribution in [3.63, 3.8) is 0 Å². The van der Waals surface area contributed by atoms with Crippen molar-refractivity contribution >= 4 is 55.0 Å². The summed E-state index contributed by atoms with van der Waals surface area (Å²) >= 11 is 9.39. The Hall–Kier alpha value is -1.50.